The maximum atomic E-state index is 14.5. The molecule has 3 heterocycles. The fourth-order valence-corrected chi connectivity index (χ4v) is 4.47. The molecule has 3 aliphatic heterocycles. The molecule has 0 spiro atoms. The first-order chi connectivity index (χ1) is 15.0. The van der Waals surface area contributed by atoms with E-state index >= 15 is 0 Å². The average Bonchev–Trinajstić information content (AvgIpc) is 2.78. The molecular formula is C24H27FN2O4. The minimum atomic E-state index is -0.965. The van der Waals surface area contributed by atoms with Gasteiger partial charge in [-0.1, -0.05) is 24.3 Å². The Kier molecular flexibility index (Phi) is 6.51. The van der Waals surface area contributed by atoms with E-state index in [1.807, 2.05) is 0 Å². The highest BCUT2D eigenvalue weighted by molar-refractivity contribution is 5.88. The van der Waals surface area contributed by atoms with Crippen LogP contribution in [0, 0.1) is 11.7 Å². The van der Waals surface area contributed by atoms with E-state index in [0.717, 1.165) is 38.0 Å². The molecule has 5 rings (SSSR count). The summed E-state index contributed by atoms with van der Waals surface area (Å²) in [6, 6.07) is 12.9. The Morgan fingerprint density at radius 1 is 1.10 bits per heavy atom. The number of piperidine rings is 3. The number of amides is 1. The van der Waals surface area contributed by atoms with Gasteiger partial charge in [0.2, 0.25) is 0 Å². The first-order valence-electron chi connectivity index (χ1n) is 10.8. The van der Waals surface area contributed by atoms with Crippen LogP contribution in [0.15, 0.2) is 48.5 Å². The molecular weight excluding hydrogens is 399 g/mol. The maximum Gasteiger partial charge on any atom is 0.414 e. The predicted octanol–water partition coefficient (Wildman–Crippen LogP) is 4.19. The molecule has 0 saturated carbocycles. The summed E-state index contributed by atoms with van der Waals surface area (Å²) in [6.45, 7) is 3.16. The van der Waals surface area contributed by atoms with E-state index in [4.69, 9.17) is 9.84 Å². The number of anilines is 1. The lowest BCUT2D eigenvalue weighted by Gasteiger charge is -2.44. The summed E-state index contributed by atoms with van der Waals surface area (Å²) in [6.07, 6.45) is 2.64. The van der Waals surface area contributed by atoms with Crippen molar-refractivity contribution >= 4 is 17.7 Å². The van der Waals surface area contributed by atoms with Crippen molar-refractivity contribution in [1.82, 2.24) is 4.90 Å². The number of nitrogens with zero attached hydrogens (tertiary/aromatic N) is 2. The zero-order valence-electron chi connectivity index (χ0n) is 17.4. The van der Waals surface area contributed by atoms with Crippen LogP contribution >= 0.6 is 0 Å². The van der Waals surface area contributed by atoms with Gasteiger partial charge in [0, 0.05) is 13.1 Å². The molecule has 3 fully saturated rings. The Morgan fingerprint density at radius 2 is 1.81 bits per heavy atom. The summed E-state index contributed by atoms with van der Waals surface area (Å²) < 4.78 is 20.3. The molecule has 1 atom stereocenters. The van der Waals surface area contributed by atoms with Crippen molar-refractivity contribution < 1.29 is 23.8 Å². The molecule has 2 aromatic carbocycles. The van der Waals surface area contributed by atoms with E-state index in [-0.39, 0.29) is 17.4 Å². The zero-order chi connectivity index (χ0) is 21.8. The Balaban J connectivity index is 1.42. The number of hydrogen-bond acceptors (Lipinski definition) is 4. The topological polar surface area (TPSA) is 70.1 Å². The number of para-hydroxylation sites is 1. The van der Waals surface area contributed by atoms with Gasteiger partial charge in [0.1, 0.15) is 11.9 Å². The number of carbonyl (C=O) groups excluding carboxylic acids is 1. The predicted molar refractivity (Wildman–Crippen MR) is 115 cm³/mol. The Labute approximate surface area is 181 Å². The zero-order valence-corrected chi connectivity index (χ0v) is 17.4. The standard InChI is InChI=1S/C24H27FN2O4/c25-20-5-1-2-6-21(20)27(13-3-4-17-7-9-19(10-8-17)23(28)29)24(30)31-22-16-26-14-11-18(22)12-15-26/h1-2,5-10,18,22H,3-4,11-16H2,(H,28,29)/t22-/m0/s1. The van der Waals surface area contributed by atoms with Crippen molar-refractivity contribution in [3.63, 3.8) is 0 Å². The number of rotatable bonds is 7. The van der Waals surface area contributed by atoms with Gasteiger partial charge in [0.15, 0.2) is 0 Å². The molecule has 1 amide bonds. The van der Waals surface area contributed by atoms with Gasteiger partial charge >= 0.3 is 12.1 Å². The third-order valence-electron chi connectivity index (χ3n) is 6.26. The van der Waals surface area contributed by atoms with Crippen molar-refractivity contribution in [2.45, 2.75) is 31.8 Å². The molecule has 0 radical (unpaired) electrons. The van der Waals surface area contributed by atoms with Gasteiger partial charge < -0.3 is 9.84 Å². The van der Waals surface area contributed by atoms with Crippen molar-refractivity contribution in [1.29, 1.82) is 0 Å². The molecule has 31 heavy (non-hydrogen) atoms. The largest absolute Gasteiger partial charge is 0.478 e. The minimum Gasteiger partial charge on any atom is -0.478 e. The Hall–Kier alpha value is -2.93. The highest BCUT2D eigenvalue weighted by atomic mass is 19.1. The summed E-state index contributed by atoms with van der Waals surface area (Å²) in [5.41, 5.74) is 1.41. The van der Waals surface area contributed by atoms with Crippen LogP contribution in [0.25, 0.3) is 0 Å². The second-order valence-electron chi connectivity index (χ2n) is 8.27. The quantitative estimate of drug-likeness (QED) is 0.719. The molecule has 0 unspecified atom stereocenters. The normalized spacial score (nSPS) is 22.2. The van der Waals surface area contributed by atoms with Crippen LogP contribution in [0.1, 0.15) is 35.2 Å². The van der Waals surface area contributed by atoms with E-state index in [0.29, 0.717) is 25.3 Å². The molecule has 7 heteroatoms. The summed E-state index contributed by atoms with van der Waals surface area (Å²) in [7, 11) is 0. The fraction of sp³-hybridized carbons (Fsp3) is 0.417. The van der Waals surface area contributed by atoms with E-state index in [2.05, 4.69) is 4.90 Å². The van der Waals surface area contributed by atoms with Crippen LogP contribution in [-0.2, 0) is 11.2 Å². The number of carboxylic acids is 1. The van der Waals surface area contributed by atoms with Gasteiger partial charge in [-0.2, -0.15) is 0 Å². The molecule has 2 bridgehead atoms. The number of carbonyl (C=O) groups is 2. The maximum absolute atomic E-state index is 14.5. The van der Waals surface area contributed by atoms with Gasteiger partial charge in [-0.15, -0.1) is 0 Å². The van der Waals surface area contributed by atoms with Crippen LogP contribution in [0.2, 0.25) is 0 Å². The number of benzene rings is 2. The summed E-state index contributed by atoms with van der Waals surface area (Å²) >= 11 is 0. The summed E-state index contributed by atoms with van der Waals surface area (Å²) in [5, 5.41) is 9.01. The monoisotopic (exact) mass is 426 g/mol. The van der Waals surface area contributed by atoms with Gasteiger partial charge in [-0.3, -0.25) is 9.80 Å². The summed E-state index contributed by atoms with van der Waals surface area (Å²) in [4.78, 5) is 27.7. The van der Waals surface area contributed by atoms with Crippen molar-refractivity contribution in [2.75, 3.05) is 31.1 Å². The molecule has 3 aliphatic rings. The van der Waals surface area contributed by atoms with Crippen molar-refractivity contribution in [3.05, 3.63) is 65.5 Å². The number of aromatic carboxylic acids is 1. The smallest absolute Gasteiger partial charge is 0.414 e. The van der Waals surface area contributed by atoms with Gasteiger partial charge in [0.25, 0.3) is 0 Å². The first kappa shape index (κ1) is 21.3. The van der Waals surface area contributed by atoms with Crippen molar-refractivity contribution in [2.24, 2.45) is 5.92 Å². The van der Waals surface area contributed by atoms with Crippen molar-refractivity contribution in [3.8, 4) is 0 Å². The van der Waals surface area contributed by atoms with Crippen LogP contribution in [0.3, 0.4) is 0 Å². The molecule has 0 aromatic heterocycles. The van der Waals surface area contributed by atoms with Gasteiger partial charge in [0.05, 0.1) is 11.3 Å². The number of aryl methyl sites for hydroxylation is 1. The lowest BCUT2D eigenvalue weighted by atomic mass is 9.86. The molecule has 6 nitrogen and oxygen atoms in total. The molecule has 2 aromatic rings. The van der Waals surface area contributed by atoms with Gasteiger partial charge in [-0.05, 0) is 74.5 Å². The Morgan fingerprint density at radius 3 is 2.42 bits per heavy atom. The number of hydrogen-bond donors (Lipinski definition) is 1. The second-order valence-corrected chi connectivity index (χ2v) is 8.27. The minimum absolute atomic E-state index is 0.146. The number of ether oxygens (including phenoxy) is 1. The lowest BCUT2D eigenvalue weighted by molar-refractivity contribution is -0.0310. The number of halogens is 1. The van der Waals surface area contributed by atoms with Crippen LogP contribution in [0.5, 0.6) is 0 Å². The molecule has 1 N–H and O–H groups in total. The SMILES string of the molecule is O=C(O)c1ccc(CCCN(C(=O)O[C@H]2CN3CCC2CC3)c2ccccc2F)cc1. The van der Waals surface area contributed by atoms with E-state index < -0.39 is 17.9 Å². The van der Waals surface area contributed by atoms with Crippen LogP contribution in [-0.4, -0.2) is 54.4 Å². The number of carboxylic acid groups (broad SMARTS) is 1. The van der Waals surface area contributed by atoms with E-state index in [9.17, 15) is 14.0 Å². The molecule has 3 saturated heterocycles. The van der Waals surface area contributed by atoms with Crippen LogP contribution in [0.4, 0.5) is 14.9 Å². The molecule has 164 valence electrons. The third kappa shape index (κ3) is 5.05. The average molecular weight is 426 g/mol. The Bertz CT molecular complexity index is 925. The number of fused-ring (bicyclic) bond motifs is 3. The lowest BCUT2D eigenvalue weighted by Crippen LogP contribution is -2.53. The summed E-state index contributed by atoms with van der Waals surface area (Å²) in [5.74, 6) is -1.05. The van der Waals surface area contributed by atoms with E-state index in [1.165, 1.54) is 11.0 Å². The highest BCUT2D eigenvalue weighted by Gasteiger charge is 2.37. The highest BCUT2D eigenvalue weighted by Crippen LogP contribution is 2.30. The molecule has 0 aliphatic carbocycles. The fourth-order valence-electron chi connectivity index (χ4n) is 4.47. The van der Waals surface area contributed by atoms with E-state index in [1.54, 1.807) is 42.5 Å². The van der Waals surface area contributed by atoms with Crippen LogP contribution < -0.4 is 4.90 Å². The van der Waals surface area contributed by atoms with Gasteiger partial charge in [-0.25, -0.2) is 14.0 Å². The first-order valence-corrected chi connectivity index (χ1v) is 10.8. The third-order valence-corrected chi connectivity index (χ3v) is 6.26. The second kappa shape index (κ2) is 9.47.